The van der Waals surface area contributed by atoms with Crippen molar-refractivity contribution >= 4 is 17.7 Å². The van der Waals surface area contributed by atoms with Crippen LogP contribution in [0.4, 0.5) is 0 Å². The summed E-state index contributed by atoms with van der Waals surface area (Å²) in [6.07, 6.45) is 0.679. The van der Waals surface area contributed by atoms with E-state index in [0.29, 0.717) is 24.6 Å². The number of fused-ring (bicyclic) bond motifs is 1. The van der Waals surface area contributed by atoms with Crippen molar-refractivity contribution in [1.82, 2.24) is 20.4 Å². The van der Waals surface area contributed by atoms with Crippen LogP contribution in [-0.2, 0) is 22.7 Å². The molecule has 138 valence electrons. The molecule has 2 saturated heterocycles. The minimum atomic E-state index is -0.551. The third-order valence-electron chi connectivity index (χ3n) is 5.45. The summed E-state index contributed by atoms with van der Waals surface area (Å²) in [5.41, 5.74) is 2.84. The van der Waals surface area contributed by atoms with E-state index in [2.05, 4.69) is 28.5 Å². The number of nitrogens with one attached hydrogen (secondary N) is 2. The molecule has 0 radical (unpaired) electrons. The smallest absolute Gasteiger partial charge is 0.255 e. The second kappa shape index (κ2) is 6.81. The van der Waals surface area contributed by atoms with Crippen molar-refractivity contribution in [2.45, 2.75) is 44.9 Å². The van der Waals surface area contributed by atoms with E-state index in [-0.39, 0.29) is 24.1 Å². The number of piperidine rings is 1. The molecule has 4 rings (SSSR count). The van der Waals surface area contributed by atoms with Gasteiger partial charge in [0.1, 0.15) is 6.04 Å². The lowest BCUT2D eigenvalue weighted by molar-refractivity contribution is -0.136. The number of rotatable bonds is 3. The van der Waals surface area contributed by atoms with Crippen molar-refractivity contribution in [3.63, 3.8) is 0 Å². The molecule has 1 aromatic carbocycles. The Hall–Kier alpha value is -2.25. The highest BCUT2D eigenvalue weighted by atomic mass is 16.2. The van der Waals surface area contributed by atoms with Crippen LogP contribution in [0.3, 0.4) is 0 Å². The molecule has 1 aromatic rings. The zero-order chi connectivity index (χ0) is 18.3. The van der Waals surface area contributed by atoms with E-state index in [1.165, 1.54) is 5.56 Å². The number of carbonyl (C=O) groups is 3. The summed E-state index contributed by atoms with van der Waals surface area (Å²) in [4.78, 5) is 40.2. The molecule has 2 N–H and O–H groups in total. The third-order valence-corrected chi connectivity index (χ3v) is 5.45. The summed E-state index contributed by atoms with van der Waals surface area (Å²) in [6.45, 7) is 6.51. The molecule has 0 bridgehead atoms. The Kier molecular flexibility index (Phi) is 4.50. The Bertz CT molecular complexity index is 763. The molecule has 3 aliphatic rings. The minimum Gasteiger partial charge on any atom is -0.322 e. The van der Waals surface area contributed by atoms with Crippen molar-refractivity contribution in [3.8, 4) is 0 Å². The standard InChI is InChI=1S/C19H24N4O3/c1-12-9-22(7-6-20-12)10-13-2-3-15-14(8-13)11-23(19(15)26)16-4-5-17(24)21-18(16)25/h2-3,8,12,16,20H,4-7,9-11H2,1H3,(H,21,24,25). The maximum absolute atomic E-state index is 12.7. The molecule has 3 aliphatic heterocycles. The molecule has 0 spiro atoms. The van der Waals surface area contributed by atoms with Gasteiger partial charge in [0.2, 0.25) is 11.8 Å². The summed E-state index contributed by atoms with van der Waals surface area (Å²) >= 11 is 0. The van der Waals surface area contributed by atoms with Gasteiger partial charge in [0.25, 0.3) is 5.91 Å². The van der Waals surface area contributed by atoms with E-state index in [4.69, 9.17) is 0 Å². The van der Waals surface area contributed by atoms with Gasteiger partial charge >= 0.3 is 0 Å². The first-order valence-corrected chi connectivity index (χ1v) is 9.23. The SMILES string of the molecule is CC1CN(Cc2ccc3c(c2)CN(C2CCC(=O)NC2=O)C3=O)CCN1. The number of hydrogen-bond donors (Lipinski definition) is 2. The first-order valence-electron chi connectivity index (χ1n) is 9.23. The first kappa shape index (κ1) is 17.2. The highest BCUT2D eigenvalue weighted by Crippen LogP contribution is 2.28. The predicted molar refractivity (Wildman–Crippen MR) is 95.2 cm³/mol. The van der Waals surface area contributed by atoms with Gasteiger partial charge in [-0.3, -0.25) is 24.6 Å². The number of amides is 3. The maximum atomic E-state index is 12.7. The van der Waals surface area contributed by atoms with Gasteiger partial charge in [-0.05, 0) is 30.5 Å². The first-order chi connectivity index (χ1) is 12.5. The lowest BCUT2D eigenvalue weighted by Gasteiger charge is -2.31. The zero-order valence-electron chi connectivity index (χ0n) is 15.0. The summed E-state index contributed by atoms with van der Waals surface area (Å²) < 4.78 is 0. The molecule has 3 heterocycles. The van der Waals surface area contributed by atoms with Gasteiger partial charge in [-0.15, -0.1) is 0 Å². The highest BCUT2D eigenvalue weighted by Gasteiger charge is 2.39. The average Bonchev–Trinajstić information content (AvgIpc) is 2.91. The fourth-order valence-corrected chi connectivity index (χ4v) is 4.14. The Balaban J connectivity index is 1.48. The Morgan fingerprint density at radius 2 is 2.08 bits per heavy atom. The zero-order valence-corrected chi connectivity index (χ0v) is 15.0. The highest BCUT2D eigenvalue weighted by molar-refractivity contribution is 6.05. The van der Waals surface area contributed by atoms with Gasteiger partial charge in [-0.1, -0.05) is 12.1 Å². The molecule has 26 heavy (non-hydrogen) atoms. The van der Waals surface area contributed by atoms with Crippen LogP contribution in [0.5, 0.6) is 0 Å². The van der Waals surface area contributed by atoms with Crippen molar-refractivity contribution in [1.29, 1.82) is 0 Å². The fourth-order valence-electron chi connectivity index (χ4n) is 4.14. The van der Waals surface area contributed by atoms with Gasteiger partial charge in [0.15, 0.2) is 0 Å². The topological polar surface area (TPSA) is 81.8 Å². The van der Waals surface area contributed by atoms with Crippen LogP contribution >= 0.6 is 0 Å². The molecule has 7 heteroatoms. The van der Waals surface area contributed by atoms with Gasteiger partial charge in [0, 0.05) is 50.7 Å². The van der Waals surface area contributed by atoms with Gasteiger partial charge in [-0.2, -0.15) is 0 Å². The second-order valence-corrected chi connectivity index (χ2v) is 7.48. The number of hydrogen-bond acceptors (Lipinski definition) is 5. The van der Waals surface area contributed by atoms with Crippen molar-refractivity contribution in [3.05, 3.63) is 34.9 Å². The number of nitrogens with zero attached hydrogens (tertiary/aromatic N) is 2. The Labute approximate surface area is 152 Å². The predicted octanol–water partition coefficient (Wildman–Crippen LogP) is 0.241. The van der Waals surface area contributed by atoms with Gasteiger partial charge < -0.3 is 10.2 Å². The number of benzene rings is 1. The van der Waals surface area contributed by atoms with E-state index in [9.17, 15) is 14.4 Å². The second-order valence-electron chi connectivity index (χ2n) is 7.48. The van der Waals surface area contributed by atoms with E-state index in [0.717, 1.165) is 31.7 Å². The van der Waals surface area contributed by atoms with Crippen LogP contribution in [-0.4, -0.2) is 59.2 Å². The average molecular weight is 356 g/mol. The molecule has 0 saturated carbocycles. The molecule has 0 aromatic heterocycles. The maximum Gasteiger partial charge on any atom is 0.255 e. The minimum absolute atomic E-state index is 0.114. The summed E-state index contributed by atoms with van der Waals surface area (Å²) in [6, 6.07) is 5.92. The molecule has 2 fully saturated rings. The number of carbonyl (C=O) groups excluding carboxylic acids is 3. The van der Waals surface area contributed by atoms with E-state index in [1.54, 1.807) is 4.90 Å². The summed E-state index contributed by atoms with van der Waals surface area (Å²) in [7, 11) is 0. The molecule has 3 amide bonds. The monoisotopic (exact) mass is 356 g/mol. The largest absolute Gasteiger partial charge is 0.322 e. The van der Waals surface area contributed by atoms with Crippen LogP contribution in [0.2, 0.25) is 0 Å². The summed E-state index contributed by atoms with van der Waals surface area (Å²) in [5.74, 6) is -0.739. The van der Waals surface area contributed by atoms with Crippen LogP contribution in [0.15, 0.2) is 18.2 Å². The van der Waals surface area contributed by atoms with E-state index in [1.807, 2.05) is 12.1 Å². The molecule has 7 nitrogen and oxygen atoms in total. The van der Waals surface area contributed by atoms with Crippen LogP contribution in [0.1, 0.15) is 41.3 Å². The van der Waals surface area contributed by atoms with E-state index >= 15 is 0 Å². The quantitative estimate of drug-likeness (QED) is 0.759. The van der Waals surface area contributed by atoms with Crippen molar-refractivity contribution < 1.29 is 14.4 Å². The van der Waals surface area contributed by atoms with Gasteiger partial charge in [0.05, 0.1) is 0 Å². The molecule has 2 atom stereocenters. The van der Waals surface area contributed by atoms with Crippen molar-refractivity contribution in [2.24, 2.45) is 0 Å². The normalized spacial score (nSPS) is 26.8. The Morgan fingerprint density at radius 3 is 2.85 bits per heavy atom. The Morgan fingerprint density at radius 1 is 1.23 bits per heavy atom. The fraction of sp³-hybridized carbons (Fsp3) is 0.526. The van der Waals surface area contributed by atoms with Crippen LogP contribution < -0.4 is 10.6 Å². The lowest BCUT2D eigenvalue weighted by atomic mass is 10.0. The molecular formula is C19H24N4O3. The molecule has 0 aliphatic carbocycles. The number of imide groups is 1. The summed E-state index contributed by atoms with van der Waals surface area (Å²) in [5, 5.41) is 5.78. The number of piperazine rings is 1. The molecular weight excluding hydrogens is 332 g/mol. The lowest BCUT2D eigenvalue weighted by Crippen LogP contribution is -2.52. The van der Waals surface area contributed by atoms with Crippen molar-refractivity contribution in [2.75, 3.05) is 19.6 Å². The van der Waals surface area contributed by atoms with Crippen LogP contribution in [0, 0.1) is 0 Å². The van der Waals surface area contributed by atoms with Crippen LogP contribution in [0.25, 0.3) is 0 Å². The third kappa shape index (κ3) is 3.24. The van der Waals surface area contributed by atoms with Gasteiger partial charge in [-0.25, -0.2) is 0 Å². The molecule has 2 unspecified atom stereocenters. The van der Waals surface area contributed by atoms with E-state index < -0.39 is 6.04 Å².